The van der Waals surface area contributed by atoms with Gasteiger partial charge in [0, 0.05) is 28.3 Å². The molecule has 41 heavy (non-hydrogen) atoms. The molecule has 0 unspecified atom stereocenters. The molecule has 0 saturated heterocycles. The van der Waals surface area contributed by atoms with Crippen molar-refractivity contribution in [1.29, 1.82) is 0 Å². The Kier molecular flexibility index (Phi) is 6.48. The van der Waals surface area contributed by atoms with E-state index in [0.29, 0.717) is 5.89 Å². The number of benzene rings is 6. The van der Waals surface area contributed by atoms with Crippen molar-refractivity contribution in [2.75, 3.05) is 9.80 Å². The number of para-hydroxylation sites is 4. The van der Waals surface area contributed by atoms with Crippen molar-refractivity contribution in [2.45, 2.75) is 0 Å². The van der Waals surface area contributed by atoms with Crippen LogP contribution in [0.4, 0.5) is 34.1 Å². The first-order chi connectivity index (χ1) is 20.3. The molecular formula is C37H27N3O. The summed E-state index contributed by atoms with van der Waals surface area (Å²) >= 11 is 0. The monoisotopic (exact) mass is 529 g/mol. The number of hydrogen-bond donors (Lipinski definition) is 0. The van der Waals surface area contributed by atoms with Crippen molar-refractivity contribution in [3.05, 3.63) is 164 Å². The Hall–Kier alpha value is -5.61. The highest BCUT2D eigenvalue weighted by molar-refractivity contribution is 5.98. The quantitative estimate of drug-likeness (QED) is 0.206. The maximum Gasteiger partial charge on any atom is 0.227 e. The Morgan fingerprint density at radius 3 is 1.29 bits per heavy atom. The predicted octanol–water partition coefficient (Wildman–Crippen LogP) is 10.4. The number of aromatic nitrogens is 1. The zero-order valence-corrected chi connectivity index (χ0v) is 22.3. The van der Waals surface area contributed by atoms with Crippen LogP contribution in [0.25, 0.3) is 22.6 Å². The molecule has 1 aromatic heterocycles. The topological polar surface area (TPSA) is 32.5 Å². The maximum atomic E-state index is 6.58. The van der Waals surface area contributed by atoms with Gasteiger partial charge in [-0.1, -0.05) is 91.0 Å². The zero-order chi connectivity index (χ0) is 27.4. The van der Waals surface area contributed by atoms with Gasteiger partial charge in [0.15, 0.2) is 5.58 Å². The van der Waals surface area contributed by atoms with Gasteiger partial charge in [0.2, 0.25) is 5.89 Å². The van der Waals surface area contributed by atoms with E-state index in [2.05, 4.69) is 119 Å². The number of fused-ring (bicyclic) bond motifs is 1. The van der Waals surface area contributed by atoms with E-state index in [9.17, 15) is 0 Å². The molecular weight excluding hydrogens is 502 g/mol. The van der Waals surface area contributed by atoms with Gasteiger partial charge in [-0.15, -0.1) is 0 Å². The van der Waals surface area contributed by atoms with Gasteiger partial charge in [-0.05, 0) is 72.8 Å². The molecule has 4 heteroatoms. The van der Waals surface area contributed by atoms with Crippen molar-refractivity contribution in [1.82, 2.24) is 4.98 Å². The number of nitrogens with zero attached hydrogens (tertiary/aromatic N) is 3. The maximum absolute atomic E-state index is 6.58. The molecule has 196 valence electrons. The van der Waals surface area contributed by atoms with Gasteiger partial charge in [0.25, 0.3) is 0 Å². The molecule has 0 aliphatic heterocycles. The summed E-state index contributed by atoms with van der Waals surface area (Å²) in [5, 5.41) is 0. The minimum absolute atomic E-state index is 0.589. The van der Waals surface area contributed by atoms with E-state index in [-0.39, 0.29) is 0 Å². The lowest BCUT2D eigenvalue weighted by molar-refractivity contribution is 0.620. The zero-order valence-electron chi connectivity index (χ0n) is 22.3. The summed E-state index contributed by atoms with van der Waals surface area (Å²) in [4.78, 5) is 9.52. The van der Waals surface area contributed by atoms with Crippen LogP contribution in [0.5, 0.6) is 0 Å². The summed E-state index contributed by atoms with van der Waals surface area (Å²) in [5.41, 5.74) is 8.50. The van der Waals surface area contributed by atoms with Gasteiger partial charge in [-0.3, -0.25) is 0 Å². The second kappa shape index (κ2) is 10.9. The first-order valence-corrected chi connectivity index (χ1v) is 13.7. The largest absolute Gasteiger partial charge is 0.434 e. The van der Waals surface area contributed by atoms with Crippen LogP contribution < -0.4 is 9.80 Å². The molecule has 0 bridgehead atoms. The number of oxazole rings is 1. The Labute approximate surface area is 239 Å². The molecule has 0 spiro atoms. The van der Waals surface area contributed by atoms with Crippen LogP contribution in [0.2, 0.25) is 0 Å². The van der Waals surface area contributed by atoms with E-state index in [1.165, 1.54) is 0 Å². The van der Waals surface area contributed by atoms with Crippen LogP contribution in [0.15, 0.2) is 168 Å². The van der Waals surface area contributed by atoms with Gasteiger partial charge < -0.3 is 14.2 Å². The molecule has 6 aromatic carbocycles. The van der Waals surface area contributed by atoms with Crippen LogP contribution in [0, 0.1) is 0 Å². The van der Waals surface area contributed by atoms with E-state index < -0.39 is 0 Å². The molecule has 0 fully saturated rings. The van der Waals surface area contributed by atoms with Crippen molar-refractivity contribution < 1.29 is 4.42 Å². The third-order valence-electron chi connectivity index (χ3n) is 7.03. The summed E-state index contributed by atoms with van der Waals surface area (Å²) in [6.45, 7) is 0. The molecule has 0 N–H and O–H groups in total. The normalized spacial score (nSPS) is 10.9. The average Bonchev–Trinajstić information content (AvgIpc) is 3.49. The van der Waals surface area contributed by atoms with Crippen LogP contribution in [-0.4, -0.2) is 4.98 Å². The van der Waals surface area contributed by atoms with Crippen molar-refractivity contribution >= 4 is 45.2 Å². The fraction of sp³-hybridized carbons (Fsp3) is 0. The fourth-order valence-corrected chi connectivity index (χ4v) is 5.18. The molecule has 0 aliphatic rings. The van der Waals surface area contributed by atoms with Gasteiger partial charge >= 0.3 is 0 Å². The first-order valence-electron chi connectivity index (χ1n) is 13.7. The number of anilines is 6. The summed E-state index contributed by atoms with van der Waals surface area (Å²) < 4.78 is 6.58. The number of hydrogen-bond acceptors (Lipinski definition) is 4. The van der Waals surface area contributed by atoms with Crippen LogP contribution in [0.1, 0.15) is 0 Å². The van der Waals surface area contributed by atoms with E-state index in [4.69, 9.17) is 9.40 Å². The standard InChI is InChI=1S/C37H27N3O/c1-6-16-28(17-7-1)37-38-34-26-33(39(29-18-8-2-9-19-29)30-20-10-3-11-21-30)27-35(36(34)41-37)40(31-22-12-4-13-23-31)32-24-14-5-15-25-32/h1-27H. The van der Waals surface area contributed by atoms with Gasteiger partial charge in [0.05, 0.1) is 11.4 Å². The lowest BCUT2D eigenvalue weighted by Crippen LogP contribution is -2.13. The minimum Gasteiger partial charge on any atom is -0.434 e. The van der Waals surface area contributed by atoms with E-state index >= 15 is 0 Å². The van der Waals surface area contributed by atoms with Gasteiger partial charge in [-0.2, -0.15) is 0 Å². The van der Waals surface area contributed by atoms with E-state index in [0.717, 1.165) is 50.8 Å². The molecule has 0 aliphatic carbocycles. The molecule has 0 atom stereocenters. The van der Waals surface area contributed by atoms with Crippen LogP contribution in [0.3, 0.4) is 0 Å². The summed E-state index contributed by atoms with van der Waals surface area (Å²) in [7, 11) is 0. The van der Waals surface area contributed by atoms with E-state index in [1.807, 2.05) is 54.6 Å². The van der Waals surface area contributed by atoms with E-state index in [1.54, 1.807) is 0 Å². The second-order valence-corrected chi connectivity index (χ2v) is 9.71. The molecule has 0 amide bonds. The molecule has 7 aromatic rings. The molecule has 4 nitrogen and oxygen atoms in total. The van der Waals surface area contributed by atoms with Crippen LogP contribution in [-0.2, 0) is 0 Å². The summed E-state index contributed by atoms with van der Waals surface area (Å²) in [6, 6.07) is 56.0. The highest BCUT2D eigenvalue weighted by atomic mass is 16.3. The highest BCUT2D eigenvalue weighted by Gasteiger charge is 2.23. The minimum atomic E-state index is 0.589. The Morgan fingerprint density at radius 1 is 0.415 bits per heavy atom. The molecule has 7 rings (SSSR count). The molecule has 0 saturated carbocycles. The second-order valence-electron chi connectivity index (χ2n) is 9.71. The Bertz CT molecular complexity index is 1790. The van der Waals surface area contributed by atoms with Gasteiger partial charge in [-0.25, -0.2) is 4.98 Å². The predicted molar refractivity (Wildman–Crippen MR) is 169 cm³/mol. The fourth-order valence-electron chi connectivity index (χ4n) is 5.18. The van der Waals surface area contributed by atoms with Crippen LogP contribution >= 0.6 is 0 Å². The lowest BCUT2D eigenvalue weighted by atomic mass is 10.1. The Morgan fingerprint density at radius 2 is 0.829 bits per heavy atom. The smallest absolute Gasteiger partial charge is 0.227 e. The number of rotatable bonds is 7. The summed E-state index contributed by atoms with van der Waals surface area (Å²) in [6.07, 6.45) is 0. The first kappa shape index (κ1) is 24.4. The van der Waals surface area contributed by atoms with Crippen molar-refractivity contribution in [2.24, 2.45) is 0 Å². The Balaban J connectivity index is 1.53. The third kappa shape index (κ3) is 4.83. The summed E-state index contributed by atoms with van der Waals surface area (Å²) in [5.74, 6) is 0.589. The SMILES string of the molecule is c1ccc(-c2nc3cc(N(c4ccccc4)c4ccccc4)cc(N(c4ccccc4)c4ccccc4)c3o2)cc1. The van der Waals surface area contributed by atoms with Gasteiger partial charge in [0.1, 0.15) is 5.52 Å². The lowest BCUT2D eigenvalue weighted by Gasteiger charge is -2.29. The van der Waals surface area contributed by atoms with Crippen molar-refractivity contribution in [3.63, 3.8) is 0 Å². The highest BCUT2D eigenvalue weighted by Crippen LogP contribution is 2.45. The molecule has 0 radical (unpaired) electrons. The average molecular weight is 530 g/mol. The third-order valence-corrected chi connectivity index (χ3v) is 7.03. The molecule has 1 heterocycles. The van der Waals surface area contributed by atoms with Crippen molar-refractivity contribution in [3.8, 4) is 11.5 Å².